The number of ether oxygens (including phenoxy) is 1. The molecule has 0 aliphatic carbocycles. The molecule has 0 aromatic carbocycles. The molecule has 6 nitrogen and oxygen atoms in total. The van der Waals surface area contributed by atoms with Gasteiger partial charge in [-0.3, -0.25) is 4.57 Å². The first-order valence-corrected chi connectivity index (χ1v) is 9.94. The van der Waals surface area contributed by atoms with Crippen LogP contribution in [0.4, 0.5) is 4.79 Å². The molecule has 1 aliphatic rings. The normalized spacial score (nSPS) is 16.7. The minimum atomic E-state index is -3.00. The standard InChI is InChI=1S/C13H26NO5PS/c1-6-17-20(16,18-7-2)10-21-11-8-14(9-11)12(15)19-13(3,4)5/h11H,6-10H2,1-5H3. The quantitative estimate of drug-likeness (QED) is 0.661. The fourth-order valence-corrected chi connectivity index (χ4v) is 5.32. The summed E-state index contributed by atoms with van der Waals surface area (Å²) >= 11 is 1.53. The first-order valence-electron chi connectivity index (χ1n) is 7.16. The third-order valence-corrected chi connectivity index (χ3v) is 6.55. The Morgan fingerprint density at radius 1 is 1.24 bits per heavy atom. The van der Waals surface area contributed by atoms with Gasteiger partial charge in [0, 0.05) is 18.3 Å². The molecule has 21 heavy (non-hydrogen) atoms. The first-order chi connectivity index (χ1) is 9.69. The lowest BCUT2D eigenvalue weighted by Crippen LogP contribution is -2.53. The van der Waals surface area contributed by atoms with Crippen molar-refractivity contribution in [1.82, 2.24) is 4.90 Å². The Balaban J connectivity index is 2.31. The highest BCUT2D eigenvalue weighted by molar-refractivity contribution is 8.05. The number of thioether (sulfide) groups is 1. The van der Waals surface area contributed by atoms with Gasteiger partial charge in [0.15, 0.2) is 0 Å². The van der Waals surface area contributed by atoms with Crippen LogP contribution >= 0.6 is 19.4 Å². The van der Waals surface area contributed by atoms with Gasteiger partial charge in [-0.25, -0.2) is 4.79 Å². The van der Waals surface area contributed by atoms with Crippen LogP contribution < -0.4 is 0 Å². The number of nitrogens with zero attached hydrogens (tertiary/aromatic N) is 1. The number of amides is 1. The summed E-state index contributed by atoms with van der Waals surface area (Å²) in [7, 11) is -3.00. The number of carbonyl (C=O) groups excluding carboxylic acids is 1. The van der Waals surface area contributed by atoms with Gasteiger partial charge < -0.3 is 18.7 Å². The van der Waals surface area contributed by atoms with E-state index in [1.165, 1.54) is 11.8 Å². The number of hydrogen-bond acceptors (Lipinski definition) is 6. The summed E-state index contributed by atoms with van der Waals surface area (Å²) in [6.45, 7) is 11.1. The zero-order valence-electron chi connectivity index (χ0n) is 13.5. The predicted molar refractivity (Wildman–Crippen MR) is 84.9 cm³/mol. The average Bonchev–Trinajstić information content (AvgIpc) is 2.24. The highest BCUT2D eigenvalue weighted by Crippen LogP contribution is 2.52. The molecule has 124 valence electrons. The molecule has 1 saturated heterocycles. The summed E-state index contributed by atoms with van der Waals surface area (Å²) in [6, 6.07) is 0. The second-order valence-electron chi connectivity index (χ2n) is 5.75. The smallest absolute Gasteiger partial charge is 0.410 e. The summed E-state index contributed by atoms with van der Waals surface area (Å²) in [4.78, 5) is 13.4. The van der Waals surface area contributed by atoms with Crippen molar-refractivity contribution in [2.45, 2.75) is 45.5 Å². The van der Waals surface area contributed by atoms with Crippen LogP contribution in [0.1, 0.15) is 34.6 Å². The van der Waals surface area contributed by atoms with Crippen LogP contribution in [-0.2, 0) is 18.3 Å². The zero-order valence-corrected chi connectivity index (χ0v) is 15.2. The number of likely N-dealkylation sites (tertiary alicyclic amines) is 1. The SMILES string of the molecule is CCOP(=O)(CSC1CN(C(=O)OC(C)(C)C)C1)OCC. The Hall–Kier alpha value is -0.230. The molecule has 1 fully saturated rings. The highest BCUT2D eigenvalue weighted by atomic mass is 32.2. The van der Waals surface area contributed by atoms with E-state index in [1.54, 1.807) is 18.7 Å². The fourth-order valence-electron chi connectivity index (χ4n) is 1.72. The van der Waals surface area contributed by atoms with Crippen LogP contribution in [-0.4, -0.2) is 53.6 Å². The van der Waals surface area contributed by atoms with Crippen LogP contribution in [0.15, 0.2) is 0 Å². The van der Waals surface area contributed by atoms with Crippen LogP contribution in [0.3, 0.4) is 0 Å². The van der Waals surface area contributed by atoms with Gasteiger partial charge in [-0.05, 0) is 34.6 Å². The molecule has 1 aliphatic heterocycles. The summed E-state index contributed by atoms with van der Waals surface area (Å²) < 4.78 is 28.0. The minimum absolute atomic E-state index is 0.256. The largest absolute Gasteiger partial charge is 0.444 e. The van der Waals surface area contributed by atoms with E-state index in [9.17, 15) is 9.36 Å². The second-order valence-corrected chi connectivity index (χ2v) is 9.52. The van der Waals surface area contributed by atoms with E-state index < -0.39 is 13.2 Å². The van der Waals surface area contributed by atoms with Crippen molar-refractivity contribution in [2.24, 2.45) is 0 Å². The monoisotopic (exact) mass is 339 g/mol. The van der Waals surface area contributed by atoms with Crippen molar-refractivity contribution >= 4 is 25.5 Å². The predicted octanol–water partition coefficient (Wildman–Crippen LogP) is 3.56. The van der Waals surface area contributed by atoms with Crippen LogP contribution in [0.2, 0.25) is 0 Å². The van der Waals surface area contributed by atoms with E-state index in [0.717, 1.165) is 0 Å². The maximum absolute atomic E-state index is 12.3. The van der Waals surface area contributed by atoms with E-state index >= 15 is 0 Å². The Bertz CT molecular complexity index is 383. The molecular formula is C13H26NO5PS. The van der Waals surface area contributed by atoms with Gasteiger partial charge >= 0.3 is 13.7 Å². The summed E-state index contributed by atoms with van der Waals surface area (Å²) in [5, 5.41) is 0.256. The van der Waals surface area contributed by atoms with Gasteiger partial charge in [-0.15, -0.1) is 11.8 Å². The second kappa shape index (κ2) is 7.86. The van der Waals surface area contributed by atoms with Gasteiger partial charge in [0.1, 0.15) is 5.60 Å². The summed E-state index contributed by atoms with van der Waals surface area (Å²) in [5.41, 5.74) is -0.156. The summed E-state index contributed by atoms with van der Waals surface area (Å²) in [6.07, 6.45) is -0.294. The zero-order chi connectivity index (χ0) is 16.1. The molecular weight excluding hydrogens is 313 g/mol. The molecule has 0 unspecified atom stereocenters. The lowest BCUT2D eigenvalue weighted by molar-refractivity contribution is 0.0144. The van der Waals surface area contributed by atoms with E-state index in [0.29, 0.717) is 31.8 Å². The molecule has 0 spiro atoms. The van der Waals surface area contributed by atoms with E-state index in [-0.39, 0.29) is 11.3 Å². The molecule has 1 rings (SSSR count). The Labute approximate surface area is 131 Å². The maximum Gasteiger partial charge on any atom is 0.410 e. The average molecular weight is 339 g/mol. The molecule has 0 radical (unpaired) electrons. The summed E-state index contributed by atoms with van der Waals surface area (Å²) in [5.74, 6) is 0. The van der Waals surface area contributed by atoms with Crippen LogP contribution in [0.5, 0.6) is 0 Å². The molecule has 0 N–H and O–H groups in total. The van der Waals surface area contributed by atoms with Gasteiger partial charge in [0.25, 0.3) is 0 Å². The van der Waals surface area contributed by atoms with Gasteiger partial charge in [-0.2, -0.15) is 0 Å². The maximum atomic E-state index is 12.3. The van der Waals surface area contributed by atoms with Crippen molar-refractivity contribution in [3.05, 3.63) is 0 Å². The number of carbonyl (C=O) groups is 1. The molecule has 1 amide bonds. The Morgan fingerprint density at radius 2 is 1.76 bits per heavy atom. The molecule has 0 aromatic heterocycles. The van der Waals surface area contributed by atoms with Crippen molar-refractivity contribution in [3.63, 3.8) is 0 Å². The molecule has 1 heterocycles. The highest BCUT2D eigenvalue weighted by Gasteiger charge is 2.36. The molecule has 0 saturated carbocycles. The fraction of sp³-hybridized carbons (Fsp3) is 0.923. The number of rotatable bonds is 7. The van der Waals surface area contributed by atoms with Gasteiger partial charge in [0.05, 0.1) is 18.7 Å². The van der Waals surface area contributed by atoms with Gasteiger partial charge in [-0.1, -0.05) is 0 Å². The molecule has 0 bridgehead atoms. The topological polar surface area (TPSA) is 65.1 Å². The van der Waals surface area contributed by atoms with Crippen molar-refractivity contribution in [2.75, 3.05) is 31.8 Å². The molecule has 8 heteroatoms. The lowest BCUT2D eigenvalue weighted by Gasteiger charge is -2.39. The Kier molecular flexibility index (Phi) is 7.04. The van der Waals surface area contributed by atoms with Crippen LogP contribution in [0, 0.1) is 0 Å². The van der Waals surface area contributed by atoms with Crippen molar-refractivity contribution < 1.29 is 23.1 Å². The van der Waals surface area contributed by atoms with E-state index in [2.05, 4.69) is 0 Å². The van der Waals surface area contributed by atoms with E-state index in [4.69, 9.17) is 13.8 Å². The lowest BCUT2D eigenvalue weighted by atomic mass is 10.2. The third-order valence-electron chi connectivity index (χ3n) is 2.62. The minimum Gasteiger partial charge on any atom is -0.444 e. The van der Waals surface area contributed by atoms with Crippen LogP contribution in [0.25, 0.3) is 0 Å². The third kappa shape index (κ3) is 6.59. The molecule has 0 aromatic rings. The number of hydrogen-bond donors (Lipinski definition) is 0. The van der Waals surface area contributed by atoms with Crippen molar-refractivity contribution in [1.29, 1.82) is 0 Å². The van der Waals surface area contributed by atoms with Gasteiger partial charge in [0.2, 0.25) is 0 Å². The van der Waals surface area contributed by atoms with Crippen molar-refractivity contribution in [3.8, 4) is 0 Å². The molecule has 0 atom stereocenters. The first kappa shape index (κ1) is 18.8. The van der Waals surface area contributed by atoms with E-state index in [1.807, 2.05) is 20.8 Å². The Morgan fingerprint density at radius 3 is 2.19 bits per heavy atom.